The SMILES string of the molecule is Nc1c(-c2nc3ccccc3[nH]c2=O)[nH]c2ccc(C(=O)NCCCN3CCCC3=O)cc12. The van der Waals surface area contributed by atoms with E-state index in [4.69, 9.17) is 5.73 Å². The third kappa shape index (κ3) is 3.93. The Morgan fingerprint density at radius 2 is 1.97 bits per heavy atom. The second-order valence-electron chi connectivity index (χ2n) is 8.20. The van der Waals surface area contributed by atoms with Crippen molar-refractivity contribution >= 4 is 39.4 Å². The maximum atomic E-state index is 12.6. The quantitative estimate of drug-likeness (QED) is 0.339. The number of nitrogen functional groups attached to an aromatic ring is 1. The van der Waals surface area contributed by atoms with E-state index in [0.29, 0.717) is 64.8 Å². The summed E-state index contributed by atoms with van der Waals surface area (Å²) in [6.45, 7) is 1.93. The number of benzene rings is 2. The molecule has 1 fully saturated rings. The molecule has 2 aromatic carbocycles. The van der Waals surface area contributed by atoms with Gasteiger partial charge in [-0.3, -0.25) is 14.4 Å². The maximum Gasteiger partial charge on any atom is 0.276 e. The van der Waals surface area contributed by atoms with Crippen LogP contribution in [0.2, 0.25) is 0 Å². The van der Waals surface area contributed by atoms with Gasteiger partial charge < -0.3 is 25.9 Å². The molecule has 4 aromatic rings. The van der Waals surface area contributed by atoms with Gasteiger partial charge in [-0.25, -0.2) is 4.98 Å². The lowest BCUT2D eigenvalue weighted by Crippen LogP contribution is -2.30. The van der Waals surface area contributed by atoms with Gasteiger partial charge in [0.05, 0.1) is 22.4 Å². The number of anilines is 1. The number of rotatable bonds is 6. The highest BCUT2D eigenvalue weighted by Gasteiger charge is 2.20. The number of hydrogen-bond donors (Lipinski definition) is 4. The van der Waals surface area contributed by atoms with E-state index >= 15 is 0 Å². The number of hydrogen-bond acceptors (Lipinski definition) is 5. The Morgan fingerprint density at radius 3 is 2.79 bits per heavy atom. The number of H-pyrrole nitrogens is 2. The number of carbonyl (C=O) groups excluding carboxylic acids is 2. The zero-order valence-electron chi connectivity index (χ0n) is 18.0. The molecule has 5 rings (SSSR count). The van der Waals surface area contributed by atoms with Gasteiger partial charge in [-0.15, -0.1) is 0 Å². The van der Waals surface area contributed by atoms with Crippen molar-refractivity contribution < 1.29 is 9.59 Å². The van der Waals surface area contributed by atoms with Crippen molar-refractivity contribution in [3.05, 3.63) is 58.4 Å². The first-order chi connectivity index (χ1) is 16.0. The number of aromatic amines is 2. The van der Waals surface area contributed by atoms with E-state index in [9.17, 15) is 14.4 Å². The molecule has 9 heteroatoms. The summed E-state index contributed by atoms with van der Waals surface area (Å²) in [6.07, 6.45) is 2.23. The normalized spacial score (nSPS) is 13.8. The minimum atomic E-state index is -0.346. The summed E-state index contributed by atoms with van der Waals surface area (Å²) in [5, 5.41) is 3.54. The van der Waals surface area contributed by atoms with Crippen LogP contribution in [0.3, 0.4) is 0 Å². The highest BCUT2D eigenvalue weighted by atomic mass is 16.2. The molecule has 1 saturated heterocycles. The third-order valence-electron chi connectivity index (χ3n) is 6.00. The molecule has 168 valence electrons. The van der Waals surface area contributed by atoms with Gasteiger partial charge in [-0.2, -0.15) is 0 Å². The minimum Gasteiger partial charge on any atom is -0.396 e. The van der Waals surface area contributed by atoms with Crippen LogP contribution in [0.5, 0.6) is 0 Å². The zero-order chi connectivity index (χ0) is 22.9. The van der Waals surface area contributed by atoms with Gasteiger partial charge in [0.2, 0.25) is 5.91 Å². The number of amides is 2. The van der Waals surface area contributed by atoms with Crippen molar-refractivity contribution in [2.45, 2.75) is 19.3 Å². The zero-order valence-corrected chi connectivity index (χ0v) is 18.0. The highest BCUT2D eigenvalue weighted by molar-refractivity contribution is 6.04. The number of nitrogens with zero attached hydrogens (tertiary/aromatic N) is 2. The molecule has 9 nitrogen and oxygen atoms in total. The van der Waals surface area contributed by atoms with E-state index < -0.39 is 0 Å². The highest BCUT2D eigenvalue weighted by Crippen LogP contribution is 2.31. The molecule has 0 aliphatic carbocycles. The summed E-state index contributed by atoms with van der Waals surface area (Å²) in [5.41, 5.74) is 9.48. The van der Waals surface area contributed by atoms with Gasteiger partial charge in [-0.1, -0.05) is 12.1 Å². The molecule has 0 bridgehead atoms. The molecule has 3 heterocycles. The molecule has 33 heavy (non-hydrogen) atoms. The van der Waals surface area contributed by atoms with E-state index in [1.165, 1.54) is 0 Å². The summed E-state index contributed by atoms with van der Waals surface area (Å²) in [5.74, 6) is -0.0290. The van der Waals surface area contributed by atoms with E-state index in [-0.39, 0.29) is 23.1 Å². The van der Waals surface area contributed by atoms with Crippen molar-refractivity contribution in [1.29, 1.82) is 0 Å². The number of para-hydroxylation sites is 2. The number of nitrogens with two attached hydrogens (primary N) is 1. The van der Waals surface area contributed by atoms with Crippen LogP contribution in [0.1, 0.15) is 29.6 Å². The van der Waals surface area contributed by atoms with Gasteiger partial charge in [-0.05, 0) is 43.2 Å². The average Bonchev–Trinajstić information content (AvgIpc) is 3.38. The van der Waals surface area contributed by atoms with E-state index in [0.717, 1.165) is 13.0 Å². The second kappa shape index (κ2) is 8.42. The number of aromatic nitrogens is 3. The lowest BCUT2D eigenvalue weighted by molar-refractivity contribution is -0.127. The van der Waals surface area contributed by atoms with E-state index in [1.807, 2.05) is 23.1 Å². The summed E-state index contributed by atoms with van der Waals surface area (Å²) < 4.78 is 0. The standard InChI is InChI=1S/C24H24N6O3/c25-20-15-13-14(23(32)26-10-4-12-30-11-3-7-19(30)31)8-9-16(15)27-21(20)22-24(33)29-18-6-2-1-5-17(18)28-22/h1-2,5-6,8-9,13,27H,3-4,7,10-12,25H2,(H,26,32)(H,29,33). The van der Waals surface area contributed by atoms with Crippen molar-refractivity contribution in [1.82, 2.24) is 25.2 Å². The minimum absolute atomic E-state index is 0.185. The van der Waals surface area contributed by atoms with Crippen LogP contribution in [-0.2, 0) is 4.79 Å². The van der Waals surface area contributed by atoms with Crippen molar-refractivity contribution in [2.75, 3.05) is 25.4 Å². The van der Waals surface area contributed by atoms with Crippen LogP contribution >= 0.6 is 0 Å². The first kappa shape index (κ1) is 20.7. The van der Waals surface area contributed by atoms with Gasteiger partial charge in [0.1, 0.15) is 0 Å². The largest absolute Gasteiger partial charge is 0.396 e. The molecule has 5 N–H and O–H groups in total. The molecular weight excluding hydrogens is 420 g/mol. The summed E-state index contributed by atoms with van der Waals surface area (Å²) >= 11 is 0. The Balaban J connectivity index is 1.35. The maximum absolute atomic E-state index is 12.6. The molecule has 0 spiro atoms. The number of carbonyl (C=O) groups is 2. The predicted molar refractivity (Wildman–Crippen MR) is 127 cm³/mol. The molecular formula is C24H24N6O3. The van der Waals surface area contributed by atoms with Gasteiger partial charge >= 0.3 is 0 Å². The Kier molecular flexibility index (Phi) is 5.29. The van der Waals surface area contributed by atoms with Crippen molar-refractivity contribution in [3.63, 3.8) is 0 Å². The Hall–Kier alpha value is -4.14. The summed E-state index contributed by atoms with van der Waals surface area (Å²) in [4.78, 5) is 49.2. The molecule has 1 aliphatic rings. The van der Waals surface area contributed by atoms with Crippen LogP contribution in [-0.4, -0.2) is 51.3 Å². The first-order valence-corrected chi connectivity index (χ1v) is 11.0. The Labute approximate surface area is 189 Å². The number of likely N-dealkylation sites (tertiary alicyclic amines) is 1. The fourth-order valence-electron chi connectivity index (χ4n) is 4.25. The predicted octanol–water partition coefficient (Wildman–Crippen LogP) is 2.40. The number of fused-ring (bicyclic) bond motifs is 2. The molecule has 2 aromatic heterocycles. The van der Waals surface area contributed by atoms with Crippen molar-refractivity contribution in [2.24, 2.45) is 0 Å². The molecule has 1 aliphatic heterocycles. The molecule has 0 unspecified atom stereocenters. The van der Waals surface area contributed by atoms with Crippen LogP contribution in [0.15, 0.2) is 47.3 Å². The third-order valence-corrected chi connectivity index (χ3v) is 6.00. The van der Waals surface area contributed by atoms with E-state index in [1.54, 1.807) is 24.3 Å². The molecule has 0 atom stereocenters. The van der Waals surface area contributed by atoms with Crippen LogP contribution in [0.25, 0.3) is 33.3 Å². The molecule has 2 amide bonds. The smallest absolute Gasteiger partial charge is 0.276 e. The first-order valence-electron chi connectivity index (χ1n) is 11.0. The fourth-order valence-corrected chi connectivity index (χ4v) is 4.25. The molecule has 0 radical (unpaired) electrons. The summed E-state index contributed by atoms with van der Waals surface area (Å²) in [7, 11) is 0. The lowest BCUT2D eigenvalue weighted by atomic mass is 10.1. The van der Waals surface area contributed by atoms with Crippen LogP contribution in [0, 0.1) is 0 Å². The monoisotopic (exact) mass is 444 g/mol. The molecule has 0 saturated carbocycles. The van der Waals surface area contributed by atoms with E-state index in [2.05, 4.69) is 20.3 Å². The summed E-state index contributed by atoms with van der Waals surface area (Å²) in [6, 6.07) is 12.5. The lowest BCUT2D eigenvalue weighted by Gasteiger charge is -2.15. The van der Waals surface area contributed by atoms with Crippen molar-refractivity contribution in [3.8, 4) is 11.4 Å². The topological polar surface area (TPSA) is 137 Å². The second-order valence-corrected chi connectivity index (χ2v) is 8.20. The van der Waals surface area contributed by atoms with Gasteiger partial charge in [0.25, 0.3) is 11.5 Å². The van der Waals surface area contributed by atoms with Crippen LogP contribution < -0.4 is 16.6 Å². The van der Waals surface area contributed by atoms with Gasteiger partial charge in [0, 0.05) is 42.5 Å². The number of nitrogens with one attached hydrogen (secondary N) is 3. The average molecular weight is 444 g/mol. The Bertz CT molecular complexity index is 1440. The Morgan fingerprint density at radius 1 is 1.12 bits per heavy atom. The van der Waals surface area contributed by atoms with Gasteiger partial charge in [0.15, 0.2) is 5.69 Å². The fraction of sp³-hybridized carbons (Fsp3) is 0.250. The van der Waals surface area contributed by atoms with Crippen LogP contribution in [0.4, 0.5) is 5.69 Å².